The minimum Gasteiger partial charge on any atom is -0.353 e. The third-order valence-electron chi connectivity index (χ3n) is 5.60. The molecule has 0 spiro atoms. The first kappa shape index (κ1) is 26.2. The quantitative estimate of drug-likeness (QED) is 0.335. The molecule has 0 radical (unpaired) electrons. The standard InChI is InChI=1S/C24H28FN7O4S/c1-5-36-31-24(33)22-19(10-11-26-23(22)30-21-12-14(2)27-15(3)28-21)29-18-9-6-16(25)13-20(18)32(4)37(34,35)17-7-8-17/h6,9-13,17H,5,7-8H2,1-4H3,(H,31,33)(H2,26,27,28,29,30). The SMILES string of the molecule is CCONC(=O)c1c(Nc2ccc(F)cc2N(C)S(=O)(=O)C2CC2)ccnc1Nc1cc(C)nc(C)n1. The Kier molecular flexibility index (Phi) is 7.55. The van der Waals surface area contributed by atoms with E-state index >= 15 is 0 Å². The van der Waals surface area contributed by atoms with E-state index in [2.05, 4.69) is 31.1 Å². The molecule has 3 aromatic rings. The molecule has 0 aliphatic heterocycles. The van der Waals surface area contributed by atoms with E-state index in [-0.39, 0.29) is 35.1 Å². The van der Waals surface area contributed by atoms with E-state index in [0.717, 1.165) is 16.1 Å². The van der Waals surface area contributed by atoms with Crippen LogP contribution in [0.5, 0.6) is 0 Å². The van der Waals surface area contributed by atoms with E-state index in [1.54, 1.807) is 26.0 Å². The van der Waals surface area contributed by atoms with Crippen LogP contribution in [0.1, 0.15) is 41.6 Å². The maximum absolute atomic E-state index is 14.2. The monoisotopic (exact) mass is 529 g/mol. The van der Waals surface area contributed by atoms with E-state index < -0.39 is 27.0 Å². The van der Waals surface area contributed by atoms with Crippen molar-refractivity contribution in [3.8, 4) is 0 Å². The zero-order valence-corrected chi connectivity index (χ0v) is 21.7. The molecular weight excluding hydrogens is 501 g/mol. The van der Waals surface area contributed by atoms with Crippen molar-refractivity contribution >= 4 is 44.6 Å². The number of nitrogens with zero attached hydrogens (tertiary/aromatic N) is 4. The molecule has 3 N–H and O–H groups in total. The number of carbonyl (C=O) groups excluding carboxylic acids is 1. The number of sulfonamides is 1. The number of hydrogen-bond donors (Lipinski definition) is 3. The summed E-state index contributed by atoms with van der Waals surface area (Å²) in [5.41, 5.74) is 3.83. The summed E-state index contributed by atoms with van der Waals surface area (Å²) in [6.45, 7) is 5.51. The molecule has 1 amide bonds. The molecule has 37 heavy (non-hydrogen) atoms. The van der Waals surface area contributed by atoms with Crippen molar-refractivity contribution in [2.75, 3.05) is 28.6 Å². The number of pyridine rings is 1. The summed E-state index contributed by atoms with van der Waals surface area (Å²) in [7, 11) is -2.27. The number of aryl methyl sites for hydroxylation is 2. The van der Waals surface area contributed by atoms with Crippen molar-refractivity contribution in [2.45, 2.75) is 38.9 Å². The van der Waals surface area contributed by atoms with E-state index in [1.807, 2.05) is 6.92 Å². The van der Waals surface area contributed by atoms with Crippen molar-refractivity contribution in [1.82, 2.24) is 20.4 Å². The van der Waals surface area contributed by atoms with Gasteiger partial charge in [0.15, 0.2) is 0 Å². The molecule has 1 aliphatic carbocycles. The molecule has 1 fully saturated rings. The Balaban J connectivity index is 1.76. The summed E-state index contributed by atoms with van der Waals surface area (Å²) < 4.78 is 41.0. The van der Waals surface area contributed by atoms with Crippen LogP contribution in [-0.2, 0) is 14.9 Å². The van der Waals surface area contributed by atoms with Crippen LogP contribution in [0.2, 0.25) is 0 Å². The van der Waals surface area contributed by atoms with Gasteiger partial charge in [-0.15, -0.1) is 0 Å². The van der Waals surface area contributed by atoms with Crippen LogP contribution in [0.25, 0.3) is 0 Å². The maximum atomic E-state index is 14.2. The Morgan fingerprint density at radius 1 is 1.14 bits per heavy atom. The summed E-state index contributed by atoms with van der Waals surface area (Å²) in [5, 5.41) is 5.64. The van der Waals surface area contributed by atoms with Crippen LogP contribution < -0.4 is 20.4 Å². The third kappa shape index (κ3) is 5.94. The van der Waals surface area contributed by atoms with E-state index in [1.165, 1.54) is 25.4 Å². The summed E-state index contributed by atoms with van der Waals surface area (Å²) in [4.78, 5) is 31.1. The Morgan fingerprint density at radius 3 is 2.57 bits per heavy atom. The van der Waals surface area contributed by atoms with Crippen molar-refractivity contribution in [2.24, 2.45) is 0 Å². The molecule has 0 atom stereocenters. The Labute approximate surface area is 214 Å². The van der Waals surface area contributed by atoms with Crippen molar-refractivity contribution in [1.29, 1.82) is 0 Å². The fourth-order valence-corrected chi connectivity index (χ4v) is 5.33. The van der Waals surface area contributed by atoms with Crippen LogP contribution in [0.4, 0.5) is 33.1 Å². The fourth-order valence-electron chi connectivity index (χ4n) is 3.72. The van der Waals surface area contributed by atoms with Gasteiger partial charge in [-0.1, -0.05) is 0 Å². The number of carbonyl (C=O) groups is 1. The van der Waals surface area contributed by atoms with Gasteiger partial charge in [0.05, 0.1) is 28.9 Å². The van der Waals surface area contributed by atoms with Crippen LogP contribution in [0.15, 0.2) is 36.5 Å². The molecule has 13 heteroatoms. The molecule has 0 unspecified atom stereocenters. The first-order valence-electron chi connectivity index (χ1n) is 11.6. The number of anilines is 5. The number of amides is 1. The molecule has 1 aliphatic rings. The highest BCUT2D eigenvalue weighted by atomic mass is 32.2. The number of hydrogen-bond acceptors (Lipinski definition) is 9. The van der Waals surface area contributed by atoms with E-state index in [9.17, 15) is 17.6 Å². The van der Waals surface area contributed by atoms with Gasteiger partial charge in [-0.05, 0) is 51.8 Å². The Morgan fingerprint density at radius 2 is 1.89 bits per heavy atom. The van der Waals surface area contributed by atoms with Gasteiger partial charge in [-0.25, -0.2) is 33.2 Å². The van der Waals surface area contributed by atoms with Crippen LogP contribution in [0.3, 0.4) is 0 Å². The molecule has 1 aromatic carbocycles. The van der Waals surface area contributed by atoms with Crippen molar-refractivity contribution < 1.29 is 22.4 Å². The molecule has 2 aromatic heterocycles. The van der Waals surface area contributed by atoms with E-state index in [4.69, 9.17) is 4.84 Å². The molecule has 4 rings (SSSR count). The maximum Gasteiger partial charge on any atom is 0.280 e. The molecule has 0 bridgehead atoms. The van der Waals surface area contributed by atoms with Gasteiger partial charge in [0.1, 0.15) is 28.8 Å². The molecule has 1 saturated carbocycles. The van der Waals surface area contributed by atoms with Crippen molar-refractivity contribution in [3.63, 3.8) is 0 Å². The number of rotatable bonds is 10. The lowest BCUT2D eigenvalue weighted by Gasteiger charge is -2.24. The summed E-state index contributed by atoms with van der Waals surface area (Å²) in [6, 6.07) is 7.00. The Hall–Kier alpha value is -3.84. The summed E-state index contributed by atoms with van der Waals surface area (Å²) in [5.74, 6) is -0.0718. The highest BCUT2D eigenvalue weighted by Crippen LogP contribution is 2.38. The van der Waals surface area contributed by atoms with Crippen LogP contribution in [0, 0.1) is 19.7 Å². The van der Waals surface area contributed by atoms with Crippen LogP contribution >= 0.6 is 0 Å². The smallest absolute Gasteiger partial charge is 0.280 e. The zero-order chi connectivity index (χ0) is 26.7. The lowest BCUT2D eigenvalue weighted by molar-refractivity contribution is 0.0366. The minimum absolute atomic E-state index is 0.0767. The molecular formula is C24H28FN7O4S. The summed E-state index contributed by atoms with van der Waals surface area (Å²) >= 11 is 0. The molecule has 11 nitrogen and oxygen atoms in total. The number of halogens is 1. The first-order valence-corrected chi connectivity index (χ1v) is 13.1. The predicted octanol–water partition coefficient (Wildman–Crippen LogP) is 3.72. The van der Waals surface area contributed by atoms with E-state index in [0.29, 0.717) is 24.5 Å². The fraction of sp³-hybridized carbons (Fsp3) is 0.333. The molecule has 2 heterocycles. The lowest BCUT2D eigenvalue weighted by Crippen LogP contribution is -2.30. The number of nitrogens with one attached hydrogen (secondary N) is 3. The number of benzene rings is 1. The van der Waals surface area contributed by atoms with Gasteiger partial charge >= 0.3 is 0 Å². The van der Waals surface area contributed by atoms with Gasteiger partial charge in [0.25, 0.3) is 5.91 Å². The van der Waals surface area contributed by atoms with Gasteiger partial charge in [-0.2, -0.15) is 0 Å². The number of aromatic nitrogens is 3. The lowest BCUT2D eigenvalue weighted by atomic mass is 10.1. The van der Waals surface area contributed by atoms with Gasteiger partial charge < -0.3 is 10.6 Å². The predicted molar refractivity (Wildman–Crippen MR) is 138 cm³/mol. The first-order chi connectivity index (χ1) is 17.6. The topological polar surface area (TPSA) is 138 Å². The second kappa shape index (κ2) is 10.6. The second-order valence-electron chi connectivity index (χ2n) is 8.51. The third-order valence-corrected chi connectivity index (χ3v) is 7.87. The minimum atomic E-state index is -3.66. The van der Waals surface area contributed by atoms with Gasteiger partial charge in [0.2, 0.25) is 10.0 Å². The van der Waals surface area contributed by atoms with Crippen molar-refractivity contribution in [3.05, 3.63) is 59.4 Å². The average molecular weight is 530 g/mol. The molecule has 196 valence electrons. The van der Waals surface area contributed by atoms with Gasteiger partial charge in [-0.3, -0.25) is 13.9 Å². The normalized spacial score (nSPS) is 13.2. The largest absolute Gasteiger partial charge is 0.353 e. The second-order valence-corrected chi connectivity index (χ2v) is 10.8. The average Bonchev–Trinajstić information content (AvgIpc) is 3.69. The Bertz CT molecular complexity index is 1410. The number of hydroxylamine groups is 1. The summed E-state index contributed by atoms with van der Waals surface area (Å²) in [6.07, 6.45) is 2.60. The van der Waals surface area contributed by atoms with Gasteiger partial charge in [0, 0.05) is 31.1 Å². The molecule has 0 saturated heterocycles. The van der Waals surface area contributed by atoms with Crippen LogP contribution in [-0.4, -0.2) is 48.2 Å². The zero-order valence-electron chi connectivity index (χ0n) is 20.9. The highest BCUT2D eigenvalue weighted by Gasteiger charge is 2.39. The highest BCUT2D eigenvalue weighted by molar-refractivity contribution is 7.93.